The van der Waals surface area contributed by atoms with Gasteiger partial charge in [-0.3, -0.25) is 4.79 Å². The zero-order valence-corrected chi connectivity index (χ0v) is 13.5. The van der Waals surface area contributed by atoms with Crippen LogP contribution in [0.25, 0.3) is 0 Å². The summed E-state index contributed by atoms with van der Waals surface area (Å²) in [5.74, 6) is 1.55. The van der Waals surface area contributed by atoms with Crippen LogP contribution < -0.4 is 10.1 Å². The number of para-hydroxylation sites is 2. The largest absolute Gasteiger partial charge is 0.437 e. The Balaban J connectivity index is 2.27. The molecule has 0 atom stereocenters. The summed E-state index contributed by atoms with van der Waals surface area (Å²) in [6, 6.07) is 8.92. The number of aromatic nitrogens is 2. The molecule has 0 spiro atoms. The van der Waals surface area contributed by atoms with Gasteiger partial charge in [0.25, 0.3) is 0 Å². The van der Waals surface area contributed by atoms with Crippen molar-refractivity contribution in [1.82, 2.24) is 9.97 Å². The Hall–Kier alpha value is -1.95. The van der Waals surface area contributed by atoms with Crippen molar-refractivity contribution in [3.63, 3.8) is 0 Å². The lowest BCUT2D eigenvalue weighted by molar-refractivity contribution is -0.114. The Morgan fingerprint density at radius 3 is 2.81 bits per heavy atom. The summed E-state index contributed by atoms with van der Waals surface area (Å²) in [6.45, 7) is 3.52. The molecule has 6 heteroatoms. The Labute approximate surface area is 131 Å². The lowest BCUT2D eigenvalue weighted by Gasteiger charge is -2.11. The van der Waals surface area contributed by atoms with Crippen molar-refractivity contribution >= 4 is 27.5 Å². The molecule has 0 aliphatic carbocycles. The average Bonchev–Trinajstić information content (AvgIpc) is 2.40. The highest BCUT2D eigenvalue weighted by atomic mass is 79.9. The van der Waals surface area contributed by atoms with Gasteiger partial charge in [-0.2, -0.15) is 4.98 Å². The van der Waals surface area contributed by atoms with E-state index in [1.165, 1.54) is 6.92 Å². The molecule has 2 aromatic rings. The van der Waals surface area contributed by atoms with Crippen LogP contribution >= 0.6 is 15.9 Å². The van der Waals surface area contributed by atoms with Crippen molar-refractivity contribution in [2.75, 3.05) is 5.32 Å². The van der Waals surface area contributed by atoms with E-state index in [9.17, 15) is 4.79 Å². The third-order valence-electron chi connectivity index (χ3n) is 2.60. The molecule has 1 aromatic carbocycles. The summed E-state index contributed by atoms with van der Waals surface area (Å²) in [6.07, 6.45) is 1.74. The fraction of sp³-hybridized carbons (Fsp3) is 0.267. The number of halogens is 1. The second-order valence-electron chi connectivity index (χ2n) is 4.47. The maximum Gasteiger partial charge on any atom is 0.223 e. The summed E-state index contributed by atoms with van der Waals surface area (Å²) in [4.78, 5) is 19.9. The fourth-order valence-corrected chi connectivity index (χ4v) is 2.19. The van der Waals surface area contributed by atoms with E-state index < -0.39 is 0 Å². The van der Waals surface area contributed by atoms with Gasteiger partial charge in [-0.25, -0.2) is 4.98 Å². The molecule has 1 heterocycles. The van der Waals surface area contributed by atoms with E-state index in [2.05, 4.69) is 38.1 Å². The highest BCUT2D eigenvalue weighted by Crippen LogP contribution is 2.29. The molecule has 0 aliphatic heterocycles. The van der Waals surface area contributed by atoms with Crippen LogP contribution in [0.15, 0.2) is 34.9 Å². The Morgan fingerprint density at radius 1 is 1.33 bits per heavy atom. The van der Waals surface area contributed by atoms with Crippen molar-refractivity contribution in [3.05, 3.63) is 40.8 Å². The van der Waals surface area contributed by atoms with E-state index in [0.717, 1.165) is 18.7 Å². The highest BCUT2D eigenvalue weighted by molar-refractivity contribution is 9.10. The number of ether oxygens (including phenoxy) is 1. The van der Waals surface area contributed by atoms with E-state index in [-0.39, 0.29) is 5.91 Å². The summed E-state index contributed by atoms with van der Waals surface area (Å²) >= 11 is 3.35. The van der Waals surface area contributed by atoms with Gasteiger partial charge in [0.1, 0.15) is 10.4 Å². The van der Waals surface area contributed by atoms with Crippen LogP contribution in [0.2, 0.25) is 0 Å². The minimum atomic E-state index is -0.151. The molecule has 0 bridgehead atoms. The van der Waals surface area contributed by atoms with Crippen LogP contribution in [0, 0.1) is 0 Å². The molecule has 0 fully saturated rings. The molecular formula is C15H16BrN3O2. The monoisotopic (exact) mass is 349 g/mol. The molecule has 21 heavy (non-hydrogen) atoms. The third kappa shape index (κ3) is 4.53. The van der Waals surface area contributed by atoms with Crippen LogP contribution in [0.3, 0.4) is 0 Å². The molecule has 5 nitrogen and oxygen atoms in total. The first-order chi connectivity index (χ1) is 10.1. The van der Waals surface area contributed by atoms with Crippen molar-refractivity contribution in [2.24, 2.45) is 0 Å². The molecule has 1 amide bonds. The number of carbonyl (C=O) groups is 1. The predicted molar refractivity (Wildman–Crippen MR) is 84.5 cm³/mol. The maximum absolute atomic E-state index is 11.2. The maximum atomic E-state index is 11.2. The zero-order valence-electron chi connectivity index (χ0n) is 11.9. The highest BCUT2D eigenvalue weighted by Gasteiger charge is 2.09. The molecule has 1 N–H and O–H groups in total. The van der Waals surface area contributed by atoms with E-state index in [1.54, 1.807) is 18.2 Å². The van der Waals surface area contributed by atoms with E-state index >= 15 is 0 Å². The smallest absolute Gasteiger partial charge is 0.223 e. The molecule has 0 saturated heterocycles. The number of aryl methyl sites for hydroxylation is 1. The lowest BCUT2D eigenvalue weighted by Crippen LogP contribution is -2.07. The standard InChI is InChI=1S/C15H16BrN3O2/c1-3-6-14-18-13(16)9-15(19-14)21-12-8-5-4-7-11(12)17-10(2)20/h4-5,7-9H,3,6H2,1-2H3,(H,17,20). The lowest BCUT2D eigenvalue weighted by atomic mass is 10.3. The van der Waals surface area contributed by atoms with Gasteiger partial charge in [-0.15, -0.1) is 0 Å². The van der Waals surface area contributed by atoms with E-state index in [4.69, 9.17) is 4.74 Å². The first-order valence-corrected chi connectivity index (χ1v) is 7.45. The van der Waals surface area contributed by atoms with Gasteiger partial charge in [0.2, 0.25) is 11.8 Å². The van der Waals surface area contributed by atoms with Gasteiger partial charge in [0.05, 0.1) is 5.69 Å². The van der Waals surface area contributed by atoms with Crippen molar-refractivity contribution < 1.29 is 9.53 Å². The number of nitrogens with zero attached hydrogens (tertiary/aromatic N) is 2. The first-order valence-electron chi connectivity index (χ1n) is 6.66. The van der Waals surface area contributed by atoms with Crippen LogP contribution in [-0.4, -0.2) is 15.9 Å². The second-order valence-corrected chi connectivity index (χ2v) is 5.29. The topological polar surface area (TPSA) is 64.1 Å². The molecule has 0 saturated carbocycles. The van der Waals surface area contributed by atoms with Gasteiger partial charge in [-0.05, 0) is 34.5 Å². The van der Waals surface area contributed by atoms with Crippen molar-refractivity contribution in [3.8, 4) is 11.6 Å². The SMILES string of the molecule is CCCc1nc(Br)cc(Oc2ccccc2NC(C)=O)n1. The predicted octanol–water partition coefficient (Wildman–Crippen LogP) is 3.94. The van der Waals surface area contributed by atoms with Crippen molar-refractivity contribution in [1.29, 1.82) is 0 Å². The number of benzene rings is 1. The number of carbonyl (C=O) groups excluding carboxylic acids is 1. The van der Waals surface area contributed by atoms with E-state index in [0.29, 0.717) is 21.9 Å². The first kappa shape index (κ1) is 15.4. The molecule has 110 valence electrons. The quantitative estimate of drug-likeness (QED) is 0.830. The number of hydrogen-bond acceptors (Lipinski definition) is 4. The number of nitrogens with one attached hydrogen (secondary N) is 1. The van der Waals surface area contributed by atoms with Gasteiger partial charge in [0.15, 0.2) is 5.75 Å². The zero-order chi connectivity index (χ0) is 15.2. The molecule has 2 rings (SSSR count). The van der Waals surface area contributed by atoms with Crippen molar-refractivity contribution in [2.45, 2.75) is 26.7 Å². The number of anilines is 1. The Morgan fingerprint density at radius 2 is 2.10 bits per heavy atom. The van der Waals surface area contributed by atoms with Gasteiger partial charge >= 0.3 is 0 Å². The normalized spacial score (nSPS) is 10.2. The summed E-state index contributed by atoms with van der Waals surface area (Å²) in [7, 11) is 0. The van der Waals surface area contributed by atoms with Gasteiger partial charge < -0.3 is 10.1 Å². The second kappa shape index (κ2) is 7.17. The third-order valence-corrected chi connectivity index (χ3v) is 3.01. The molecule has 0 aliphatic rings. The van der Waals surface area contributed by atoms with Gasteiger partial charge in [0, 0.05) is 19.4 Å². The fourth-order valence-electron chi connectivity index (χ4n) is 1.79. The summed E-state index contributed by atoms with van der Waals surface area (Å²) in [5.41, 5.74) is 0.608. The van der Waals surface area contributed by atoms with Crippen LogP contribution in [0.4, 0.5) is 5.69 Å². The molecule has 0 unspecified atom stereocenters. The Bertz CT molecular complexity index is 647. The molecule has 1 aromatic heterocycles. The van der Waals surface area contributed by atoms with E-state index in [1.807, 2.05) is 12.1 Å². The molecular weight excluding hydrogens is 334 g/mol. The Kier molecular flexibility index (Phi) is 5.27. The average molecular weight is 350 g/mol. The molecule has 0 radical (unpaired) electrons. The minimum Gasteiger partial charge on any atom is -0.437 e. The number of rotatable bonds is 5. The number of amides is 1. The minimum absolute atomic E-state index is 0.151. The van der Waals surface area contributed by atoms with Gasteiger partial charge in [-0.1, -0.05) is 19.1 Å². The summed E-state index contributed by atoms with van der Waals surface area (Å²) in [5, 5.41) is 2.73. The van der Waals surface area contributed by atoms with Crippen LogP contribution in [-0.2, 0) is 11.2 Å². The number of hydrogen-bond donors (Lipinski definition) is 1. The van der Waals surface area contributed by atoms with Crippen LogP contribution in [0.1, 0.15) is 26.1 Å². The van der Waals surface area contributed by atoms with Crippen LogP contribution in [0.5, 0.6) is 11.6 Å². The summed E-state index contributed by atoms with van der Waals surface area (Å²) < 4.78 is 6.46.